The number of ether oxygens (including phenoxy) is 1. The van der Waals surface area contributed by atoms with Gasteiger partial charge in [-0.1, -0.05) is 18.7 Å². The number of rotatable bonds is 5. The Balaban J connectivity index is 0.00000200. The van der Waals surface area contributed by atoms with Crippen molar-refractivity contribution in [2.75, 3.05) is 13.0 Å². The van der Waals surface area contributed by atoms with Crippen LogP contribution in [0.5, 0.6) is 0 Å². The molecule has 0 spiro atoms. The number of carboxylic acids is 1. The quantitative estimate of drug-likeness (QED) is 0.318. The molecule has 1 N–H and O–H groups in total. The number of methoxy groups -OCH3 is 1. The molecule has 2 aliphatic rings. The first-order valence-corrected chi connectivity index (χ1v) is 6.98. The van der Waals surface area contributed by atoms with Crippen molar-refractivity contribution in [1.82, 2.24) is 4.90 Å². The summed E-state index contributed by atoms with van der Waals surface area (Å²) in [5.41, 5.74) is -0.0681. The number of hydrogen-bond donors (Lipinski definition) is 1. The van der Waals surface area contributed by atoms with Crippen molar-refractivity contribution in [3.05, 3.63) is 10.6 Å². The van der Waals surface area contributed by atoms with E-state index in [9.17, 15) is 19.8 Å². The minimum absolute atomic E-state index is 0. The van der Waals surface area contributed by atoms with Crippen LogP contribution < -0.4 is 34.7 Å². The van der Waals surface area contributed by atoms with Crippen LogP contribution in [-0.2, 0) is 14.3 Å². The summed E-state index contributed by atoms with van der Waals surface area (Å²) in [6, 6.07) is -0.292. The van der Waals surface area contributed by atoms with Crippen molar-refractivity contribution in [2.24, 2.45) is 11.8 Å². The molecule has 0 aromatic heterocycles. The second kappa shape index (κ2) is 6.81. The molecule has 0 saturated carbocycles. The van der Waals surface area contributed by atoms with Crippen molar-refractivity contribution >= 4 is 23.6 Å². The summed E-state index contributed by atoms with van der Waals surface area (Å²) in [6.45, 7) is 3.40. The summed E-state index contributed by atoms with van der Waals surface area (Å²) in [5, 5.41) is 20.9. The largest absolute Gasteiger partial charge is 1.00 e. The molecule has 6 nitrogen and oxygen atoms in total. The topological polar surface area (TPSA) is 89.9 Å². The molecule has 0 aromatic carbocycles. The van der Waals surface area contributed by atoms with Gasteiger partial charge in [-0.25, -0.2) is 0 Å². The van der Waals surface area contributed by atoms with Crippen LogP contribution in [0.1, 0.15) is 13.8 Å². The van der Waals surface area contributed by atoms with E-state index in [-0.39, 0.29) is 53.1 Å². The molecule has 1 fully saturated rings. The Morgan fingerprint density at radius 1 is 1.60 bits per heavy atom. The van der Waals surface area contributed by atoms with Crippen LogP contribution in [0, 0.1) is 11.8 Å². The van der Waals surface area contributed by atoms with Crippen LogP contribution in [-0.4, -0.2) is 47.1 Å². The number of hydrogen-bond acceptors (Lipinski definition) is 6. The molecule has 8 heteroatoms. The van der Waals surface area contributed by atoms with Crippen LogP contribution >= 0.6 is 11.8 Å². The minimum Gasteiger partial charge on any atom is -0.543 e. The van der Waals surface area contributed by atoms with Gasteiger partial charge in [0.1, 0.15) is 0 Å². The maximum atomic E-state index is 12.0. The van der Waals surface area contributed by atoms with E-state index in [1.54, 1.807) is 6.92 Å². The fourth-order valence-electron chi connectivity index (χ4n) is 2.83. The van der Waals surface area contributed by atoms with E-state index >= 15 is 0 Å². The fraction of sp³-hybridized carbons (Fsp3) is 0.667. The Bertz CT molecular complexity index is 453. The van der Waals surface area contributed by atoms with Gasteiger partial charge in [0.05, 0.1) is 35.7 Å². The number of thioether (sulfide) groups is 1. The average Bonchev–Trinajstić information content (AvgIpc) is 2.56. The molecule has 1 amide bonds. The van der Waals surface area contributed by atoms with Gasteiger partial charge in [-0.05, 0) is 6.92 Å². The van der Waals surface area contributed by atoms with Gasteiger partial charge in [0, 0.05) is 17.9 Å². The standard InChI is InChI=1S/C12H17NO5S.Na/c1-5-8-7(6(2)14)11(15)13(8)9(12(16)17)10(5)19-4-18-3;/h5-8,14H,4H2,1-3H3,(H,16,17);/q;+1/p-1. The van der Waals surface area contributed by atoms with Crippen molar-refractivity contribution in [1.29, 1.82) is 0 Å². The molecule has 2 rings (SSSR count). The molecule has 20 heavy (non-hydrogen) atoms. The molecular weight excluding hydrogens is 293 g/mol. The van der Waals surface area contributed by atoms with E-state index in [1.807, 2.05) is 6.92 Å². The Labute approximate surface area is 143 Å². The summed E-state index contributed by atoms with van der Waals surface area (Å²) >= 11 is 1.25. The van der Waals surface area contributed by atoms with Gasteiger partial charge in [0.25, 0.3) is 0 Å². The summed E-state index contributed by atoms with van der Waals surface area (Å²) in [6.07, 6.45) is -0.786. The first-order valence-electron chi connectivity index (χ1n) is 6.00. The molecular formula is C12H16NNaO5S. The zero-order valence-electron chi connectivity index (χ0n) is 12.0. The maximum absolute atomic E-state index is 12.0. The van der Waals surface area contributed by atoms with Crippen molar-refractivity contribution in [3.63, 3.8) is 0 Å². The zero-order valence-corrected chi connectivity index (χ0v) is 14.8. The second-order valence-electron chi connectivity index (χ2n) is 4.81. The molecule has 4 atom stereocenters. The van der Waals surface area contributed by atoms with Gasteiger partial charge in [0.15, 0.2) is 0 Å². The number of nitrogens with zero attached hydrogens (tertiary/aromatic N) is 1. The third kappa shape index (κ3) is 2.67. The molecule has 0 aromatic rings. The second-order valence-corrected chi connectivity index (χ2v) is 5.77. The van der Waals surface area contributed by atoms with Crippen molar-refractivity contribution in [2.45, 2.75) is 26.0 Å². The smallest absolute Gasteiger partial charge is 0.543 e. The molecule has 0 bridgehead atoms. The summed E-state index contributed by atoms with van der Waals surface area (Å²) in [7, 11) is 1.52. The Morgan fingerprint density at radius 2 is 2.20 bits per heavy atom. The third-order valence-corrected chi connectivity index (χ3v) is 4.86. The third-order valence-electron chi connectivity index (χ3n) is 3.63. The molecule has 106 valence electrons. The van der Waals surface area contributed by atoms with E-state index in [4.69, 9.17) is 4.74 Å². The van der Waals surface area contributed by atoms with Crippen molar-refractivity contribution in [3.8, 4) is 0 Å². The van der Waals surface area contributed by atoms with Gasteiger partial charge >= 0.3 is 29.6 Å². The minimum atomic E-state index is -1.36. The fourth-order valence-corrected chi connectivity index (χ4v) is 3.79. The molecule has 2 heterocycles. The number of amides is 1. The Hall–Kier alpha value is -0.0500. The molecule has 4 unspecified atom stereocenters. The number of aliphatic hydroxyl groups excluding tert-OH is 1. The maximum Gasteiger partial charge on any atom is 1.00 e. The normalized spacial score (nSPS) is 29.7. The van der Waals surface area contributed by atoms with E-state index in [2.05, 4.69) is 0 Å². The van der Waals surface area contributed by atoms with E-state index < -0.39 is 18.0 Å². The van der Waals surface area contributed by atoms with Crippen LogP contribution in [0.3, 0.4) is 0 Å². The van der Waals surface area contributed by atoms with Gasteiger partial charge in [-0.2, -0.15) is 0 Å². The summed E-state index contributed by atoms with van der Waals surface area (Å²) in [5.74, 6) is -2.07. The van der Waals surface area contributed by atoms with Gasteiger partial charge < -0.3 is 24.6 Å². The molecule has 0 aliphatic carbocycles. The summed E-state index contributed by atoms with van der Waals surface area (Å²) < 4.78 is 4.93. The molecule has 2 aliphatic heterocycles. The number of β-lactam (4-membered cyclic amide) rings is 1. The van der Waals surface area contributed by atoms with E-state index in [1.165, 1.54) is 23.8 Å². The van der Waals surface area contributed by atoms with Gasteiger partial charge in [-0.3, -0.25) is 4.79 Å². The van der Waals surface area contributed by atoms with E-state index in [0.717, 1.165) is 0 Å². The SMILES string of the molecule is COCSC1=C(C(=O)[O-])N2C(=O)C(C(C)O)C2C1C.[Na+]. The first-order chi connectivity index (χ1) is 8.91. The molecule has 1 saturated heterocycles. The van der Waals surface area contributed by atoms with Crippen LogP contribution in [0.2, 0.25) is 0 Å². The number of carbonyl (C=O) groups is 2. The predicted molar refractivity (Wildman–Crippen MR) is 66.5 cm³/mol. The van der Waals surface area contributed by atoms with Gasteiger partial charge in [-0.15, -0.1) is 0 Å². The van der Waals surface area contributed by atoms with Crippen LogP contribution in [0.25, 0.3) is 0 Å². The number of aliphatic hydroxyl groups is 1. The Kier molecular flexibility index (Phi) is 6.13. The number of aliphatic carboxylic acids is 1. The average molecular weight is 309 g/mol. The monoisotopic (exact) mass is 309 g/mol. The van der Waals surface area contributed by atoms with Crippen molar-refractivity contribution < 1.29 is 54.1 Å². The summed E-state index contributed by atoms with van der Waals surface area (Å²) in [4.78, 5) is 25.0. The molecule has 0 radical (unpaired) electrons. The first kappa shape index (κ1) is 18.0. The zero-order chi connectivity index (χ0) is 14.3. The van der Waals surface area contributed by atoms with Gasteiger partial charge in [0.2, 0.25) is 5.91 Å². The van der Waals surface area contributed by atoms with E-state index in [0.29, 0.717) is 10.8 Å². The van der Waals surface area contributed by atoms with Crippen LogP contribution in [0.15, 0.2) is 10.6 Å². The number of carboxylic acid groups (broad SMARTS) is 1. The number of fused-ring (bicyclic) bond motifs is 1. The predicted octanol–water partition coefficient (Wildman–Crippen LogP) is -3.85. The van der Waals surface area contributed by atoms with Crippen LogP contribution in [0.4, 0.5) is 0 Å². The number of carbonyl (C=O) groups excluding carboxylic acids is 2. The Morgan fingerprint density at radius 3 is 2.65 bits per heavy atom.